The quantitative estimate of drug-likeness (QED) is 0.0604. The molecule has 0 aliphatic carbocycles. The predicted molar refractivity (Wildman–Crippen MR) is 217 cm³/mol. The van der Waals surface area contributed by atoms with Gasteiger partial charge in [0.25, 0.3) is 0 Å². The molecule has 7 atom stereocenters. The number of imidazole rings is 1. The number of nitrogens with one attached hydrogen (secondary N) is 2. The first-order valence-electron chi connectivity index (χ1n) is 18.5. The number of nitrogens with two attached hydrogens (primary N) is 1. The molecule has 19 nitrogen and oxygen atoms in total. The first-order chi connectivity index (χ1) is 27.9. The number of hydrogen-bond acceptors (Lipinski definition) is 16. The number of benzene rings is 2. The van der Waals surface area contributed by atoms with E-state index in [4.69, 9.17) is 66.0 Å². The largest absolute Gasteiger partial charge is 0.476 e. The number of carbonyl (C=O) groups excluding carboxylic acids is 2. The van der Waals surface area contributed by atoms with E-state index in [1.807, 2.05) is 0 Å². The Hall–Kier alpha value is -4.03. The number of esters is 2. The zero-order chi connectivity index (χ0) is 43.1. The first-order valence-corrected chi connectivity index (χ1v) is 22.3. The summed E-state index contributed by atoms with van der Waals surface area (Å²) in [6.07, 6.45) is -2.12. The van der Waals surface area contributed by atoms with Gasteiger partial charge in [0, 0.05) is 15.5 Å². The van der Waals surface area contributed by atoms with E-state index in [-0.39, 0.29) is 54.3 Å². The normalized spacial score (nSPS) is 20.5. The van der Waals surface area contributed by atoms with Crippen molar-refractivity contribution in [3.05, 3.63) is 64.9 Å². The molecule has 0 saturated carbocycles. The molecule has 1 saturated heterocycles. The minimum absolute atomic E-state index is 0.0531. The molecule has 0 spiro atoms. The van der Waals surface area contributed by atoms with E-state index in [2.05, 4.69) is 25.1 Å². The summed E-state index contributed by atoms with van der Waals surface area (Å²) in [6, 6.07) is 9.54. The van der Waals surface area contributed by atoms with Crippen molar-refractivity contribution in [3.8, 4) is 17.4 Å². The van der Waals surface area contributed by atoms with Gasteiger partial charge >= 0.3 is 27.4 Å². The Bertz CT molecular complexity index is 2180. The van der Waals surface area contributed by atoms with E-state index in [0.717, 1.165) is 0 Å². The van der Waals surface area contributed by atoms with Gasteiger partial charge in [-0.1, -0.05) is 37.0 Å². The molecule has 2 aromatic heterocycles. The maximum absolute atomic E-state index is 15.0. The highest BCUT2D eigenvalue weighted by atomic mass is 35.5. The summed E-state index contributed by atoms with van der Waals surface area (Å²) < 4.78 is 78.0. The summed E-state index contributed by atoms with van der Waals surface area (Å²) in [5, 5.41) is 6.06. The first kappa shape index (κ1) is 46.0. The molecule has 2 aromatic carbocycles. The number of carbonyl (C=O) groups is 2. The van der Waals surface area contributed by atoms with Crippen molar-refractivity contribution < 1.29 is 55.8 Å². The molecule has 0 radical (unpaired) electrons. The van der Waals surface area contributed by atoms with Crippen molar-refractivity contribution in [2.45, 2.75) is 79.0 Å². The SMILES string of the molecule is CCOC(=O)[C@H](C)NP(=O)(OC[C@H]1O[C@@H](n2cnc3c(OCC)nc(N)nc32)C(C)(C)[C@@H]1OP(=O)(N[C@@H](C)C(=O)OCC)Oc1ccc(Cl)cc1)Oc1ccc(Cl)cc1. The van der Waals surface area contributed by atoms with Crippen molar-refractivity contribution in [1.29, 1.82) is 0 Å². The Morgan fingerprint density at radius 1 is 0.864 bits per heavy atom. The van der Waals surface area contributed by atoms with Crippen LogP contribution in [0.3, 0.4) is 0 Å². The van der Waals surface area contributed by atoms with E-state index in [1.165, 1.54) is 68.7 Å². The van der Waals surface area contributed by atoms with E-state index < -0.39 is 70.0 Å². The standard InChI is InChI=1S/C36H47Cl2N7O12P2/c1-8-50-31-28-30(41-35(39)42-31)45(20-40-28)34-36(6,7)29(57-59(49,44-22(5)33(47)52-10-3)56-26-17-13-24(38)14-18-26)27(54-34)19-53-58(48,43-21(4)32(46)51-9-2)55-25-15-11-23(37)12-16-25/h11-18,20-22,27,29,34H,8-10,19H2,1-7H3,(H,43,48)(H,44,49)(H2,39,41,42)/t21-,22-,27+,29+,34+,58?,59?/m0/s1. The van der Waals surface area contributed by atoms with Crippen LogP contribution in [-0.2, 0) is 42.0 Å². The number of ether oxygens (including phenoxy) is 4. The van der Waals surface area contributed by atoms with Gasteiger partial charge in [0.2, 0.25) is 11.8 Å². The van der Waals surface area contributed by atoms with Crippen LogP contribution in [0, 0.1) is 5.41 Å². The topological polar surface area (TPSA) is 236 Å². The number of fused-ring (bicyclic) bond motifs is 1. The molecule has 0 amide bonds. The highest BCUT2D eigenvalue weighted by molar-refractivity contribution is 7.52. The average molecular weight is 903 g/mol. The second kappa shape index (κ2) is 19.6. The number of nitrogen functional groups attached to an aromatic ring is 1. The number of nitrogens with zero attached hydrogens (tertiary/aromatic N) is 4. The molecule has 322 valence electrons. The molecular weight excluding hydrogens is 855 g/mol. The molecule has 5 rings (SSSR count). The van der Waals surface area contributed by atoms with Gasteiger partial charge in [-0.2, -0.15) is 20.1 Å². The van der Waals surface area contributed by atoms with Crippen LogP contribution < -0.4 is 29.7 Å². The number of aromatic nitrogens is 4. The second-order valence-corrected chi connectivity index (χ2v) is 17.8. The van der Waals surface area contributed by atoms with Gasteiger partial charge in [0.05, 0.1) is 32.8 Å². The summed E-state index contributed by atoms with van der Waals surface area (Å²) in [7, 11) is -9.11. The van der Waals surface area contributed by atoms with Crippen LogP contribution in [-0.4, -0.2) is 82.2 Å². The minimum atomic E-state index is -4.61. The van der Waals surface area contributed by atoms with Crippen molar-refractivity contribution in [2.24, 2.45) is 5.41 Å². The van der Waals surface area contributed by atoms with Gasteiger partial charge in [-0.3, -0.25) is 23.2 Å². The monoisotopic (exact) mass is 901 g/mol. The third kappa shape index (κ3) is 11.4. The summed E-state index contributed by atoms with van der Waals surface area (Å²) in [5.41, 5.74) is 5.37. The van der Waals surface area contributed by atoms with Crippen molar-refractivity contribution in [1.82, 2.24) is 29.7 Å². The number of halogens is 2. The van der Waals surface area contributed by atoms with Gasteiger partial charge in [-0.05, 0) is 83.1 Å². The van der Waals surface area contributed by atoms with Gasteiger partial charge in [-0.15, -0.1) is 0 Å². The van der Waals surface area contributed by atoms with E-state index in [1.54, 1.807) is 39.2 Å². The zero-order valence-electron chi connectivity index (χ0n) is 33.3. The number of hydrogen-bond donors (Lipinski definition) is 3. The van der Waals surface area contributed by atoms with Crippen LogP contribution >= 0.6 is 38.7 Å². The lowest BCUT2D eigenvalue weighted by Gasteiger charge is -2.34. The molecule has 59 heavy (non-hydrogen) atoms. The molecule has 4 aromatic rings. The Morgan fingerprint density at radius 2 is 1.39 bits per heavy atom. The van der Waals surface area contributed by atoms with Gasteiger partial charge in [0.1, 0.15) is 42.0 Å². The molecule has 2 unspecified atom stereocenters. The highest BCUT2D eigenvalue weighted by Gasteiger charge is 2.56. The van der Waals surface area contributed by atoms with E-state index >= 15 is 0 Å². The molecule has 1 fully saturated rings. The van der Waals surface area contributed by atoms with Crippen LogP contribution in [0.15, 0.2) is 54.9 Å². The fourth-order valence-corrected chi connectivity index (χ4v) is 9.57. The Morgan fingerprint density at radius 3 is 1.92 bits per heavy atom. The smallest absolute Gasteiger partial charge is 0.459 e. The molecular formula is C36H47Cl2N7O12P2. The fraction of sp³-hybridized carbons (Fsp3) is 0.472. The van der Waals surface area contributed by atoms with Gasteiger partial charge in [-0.25, -0.2) is 14.1 Å². The van der Waals surface area contributed by atoms with E-state index in [9.17, 15) is 18.7 Å². The highest BCUT2D eigenvalue weighted by Crippen LogP contribution is 2.56. The lowest BCUT2D eigenvalue weighted by molar-refractivity contribution is -0.145. The molecule has 3 heterocycles. The summed E-state index contributed by atoms with van der Waals surface area (Å²) in [4.78, 5) is 38.6. The lowest BCUT2D eigenvalue weighted by Crippen LogP contribution is -2.42. The zero-order valence-corrected chi connectivity index (χ0v) is 36.6. The lowest BCUT2D eigenvalue weighted by atomic mass is 9.84. The molecule has 1 aliphatic rings. The average Bonchev–Trinajstić information content (AvgIpc) is 3.69. The van der Waals surface area contributed by atoms with Crippen molar-refractivity contribution >= 4 is 67.7 Å². The van der Waals surface area contributed by atoms with Crippen LogP contribution in [0.5, 0.6) is 17.4 Å². The van der Waals surface area contributed by atoms with Gasteiger partial charge < -0.3 is 33.7 Å². The number of anilines is 1. The predicted octanol–water partition coefficient (Wildman–Crippen LogP) is 6.90. The van der Waals surface area contributed by atoms with Crippen LogP contribution in [0.4, 0.5) is 5.95 Å². The van der Waals surface area contributed by atoms with E-state index in [0.29, 0.717) is 10.0 Å². The third-order valence-electron chi connectivity index (χ3n) is 8.67. The minimum Gasteiger partial charge on any atom is -0.476 e. The maximum atomic E-state index is 15.0. The molecule has 23 heteroatoms. The van der Waals surface area contributed by atoms with Crippen LogP contribution in [0.25, 0.3) is 11.2 Å². The summed E-state index contributed by atoms with van der Waals surface area (Å²) in [5.74, 6) is -1.26. The third-order valence-corrected chi connectivity index (χ3v) is 12.5. The maximum Gasteiger partial charge on any atom is 0.459 e. The second-order valence-electron chi connectivity index (χ2n) is 13.6. The van der Waals surface area contributed by atoms with Crippen LogP contribution in [0.2, 0.25) is 10.0 Å². The van der Waals surface area contributed by atoms with Crippen molar-refractivity contribution in [3.63, 3.8) is 0 Å². The molecule has 0 bridgehead atoms. The Balaban J connectivity index is 1.58. The Labute approximate surface area is 351 Å². The van der Waals surface area contributed by atoms with Crippen molar-refractivity contribution in [2.75, 3.05) is 32.2 Å². The number of rotatable bonds is 20. The molecule has 1 aliphatic heterocycles. The van der Waals surface area contributed by atoms with Crippen LogP contribution in [0.1, 0.15) is 54.7 Å². The fourth-order valence-electron chi connectivity index (χ4n) is 5.97. The summed E-state index contributed by atoms with van der Waals surface area (Å²) >= 11 is 12.2. The molecule has 4 N–H and O–H groups in total. The summed E-state index contributed by atoms with van der Waals surface area (Å²) in [6.45, 7) is 11.2. The van der Waals surface area contributed by atoms with Gasteiger partial charge in [0.15, 0.2) is 11.2 Å². The Kier molecular flexibility index (Phi) is 15.3.